The second kappa shape index (κ2) is 8.91. The lowest BCUT2D eigenvalue weighted by Crippen LogP contribution is -2.53. The Balaban J connectivity index is 3.71. The number of hydrogen-bond acceptors (Lipinski definition) is 6. The van der Waals surface area contributed by atoms with Crippen LogP contribution in [0, 0.1) is 27.3 Å². The van der Waals surface area contributed by atoms with Crippen LogP contribution in [0.1, 0.15) is 46.6 Å². The molecule has 0 bridgehead atoms. The monoisotopic (exact) mass is 459 g/mol. The van der Waals surface area contributed by atoms with E-state index in [9.17, 15) is 32.4 Å². The number of halogens is 1. The fourth-order valence-electron chi connectivity index (χ4n) is 2.63. The molecular formula is C19H26FN3O5S2. The van der Waals surface area contributed by atoms with Crippen molar-refractivity contribution in [2.45, 2.75) is 56.1 Å². The zero-order chi connectivity index (χ0) is 23.5. The van der Waals surface area contributed by atoms with Gasteiger partial charge >= 0.3 is 0 Å². The predicted octanol–water partition coefficient (Wildman–Crippen LogP) is 3.27. The lowest BCUT2D eigenvalue weighted by Gasteiger charge is -2.35. The maximum Gasteiger partial charge on any atom is 0.269 e. The van der Waals surface area contributed by atoms with Crippen molar-refractivity contribution >= 4 is 26.5 Å². The highest BCUT2D eigenvalue weighted by atomic mass is 32.2. The summed E-state index contributed by atoms with van der Waals surface area (Å²) in [5.74, 6) is -1.73. The van der Waals surface area contributed by atoms with Gasteiger partial charge in [0, 0.05) is 17.7 Å². The van der Waals surface area contributed by atoms with Crippen LogP contribution in [0.15, 0.2) is 30.9 Å². The van der Waals surface area contributed by atoms with Gasteiger partial charge in [-0.3, -0.25) is 10.1 Å². The van der Waals surface area contributed by atoms with Gasteiger partial charge in [0.1, 0.15) is 5.82 Å². The lowest BCUT2D eigenvalue weighted by molar-refractivity contribution is -0.385. The number of allylic oxidation sites excluding steroid dienone is 1. The van der Waals surface area contributed by atoms with Gasteiger partial charge < -0.3 is 0 Å². The molecule has 1 N–H and O–H groups in total. The number of nitrogens with zero attached hydrogens (tertiary/aromatic N) is 2. The van der Waals surface area contributed by atoms with Crippen molar-refractivity contribution < 1.29 is 21.9 Å². The second-order valence-electron chi connectivity index (χ2n) is 8.33. The molecule has 11 heteroatoms. The molecule has 0 spiro atoms. The van der Waals surface area contributed by atoms with Crippen LogP contribution < -0.4 is 4.72 Å². The van der Waals surface area contributed by atoms with E-state index >= 15 is 0 Å². The molecule has 1 rings (SSSR count). The van der Waals surface area contributed by atoms with Gasteiger partial charge in [0.25, 0.3) is 5.69 Å². The van der Waals surface area contributed by atoms with Crippen LogP contribution >= 0.6 is 0 Å². The Labute approximate surface area is 178 Å². The average molecular weight is 460 g/mol. The number of nitro benzene ring substituents is 1. The van der Waals surface area contributed by atoms with Gasteiger partial charge in [0.2, 0.25) is 0 Å². The summed E-state index contributed by atoms with van der Waals surface area (Å²) in [4.78, 5) is 10.4. The van der Waals surface area contributed by atoms with Crippen molar-refractivity contribution in [3.8, 4) is 6.07 Å². The zero-order valence-electron chi connectivity index (χ0n) is 17.6. The van der Waals surface area contributed by atoms with E-state index in [1.54, 1.807) is 26.8 Å². The molecule has 0 aliphatic rings. The third-order valence-electron chi connectivity index (χ3n) is 4.56. The lowest BCUT2D eigenvalue weighted by atomic mass is 9.94. The fourth-order valence-corrected chi connectivity index (χ4v) is 5.43. The molecule has 166 valence electrons. The van der Waals surface area contributed by atoms with E-state index in [0.29, 0.717) is 0 Å². The Bertz CT molecular complexity index is 1010. The Morgan fingerprint density at radius 3 is 2.33 bits per heavy atom. The molecule has 0 fully saturated rings. The summed E-state index contributed by atoms with van der Waals surface area (Å²) >= 11 is 0. The molecule has 0 saturated carbocycles. The minimum absolute atomic E-state index is 0.179. The molecule has 1 aromatic rings. The maximum atomic E-state index is 14.7. The third kappa shape index (κ3) is 5.50. The number of rotatable bonds is 9. The summed E-state index contributed by atoms with van der Waals surface area (Å²) in [5, 5.41) is 20.7. The van der Waals surface area contributed by atoms with E-state index in [1.807, 2.05) is 0 Å². The van der Waals surface area contributed by atoms with Gasteiger partial charge in [-0.1, -0.05) is 6.08 Å². The Morgan fingerprint density at radius 1 is 1.33 bits per heavy atom. The maximum absolute atomic E-state index is 14.7. The quantitative estimate of drug-likeness (QED) is 0.343. The minimum atomic E-state index is -4.25. The molecule has 1 unspecified atom stereocenters. The van der Waals surface area contributed by atoms with Crippen molar-refractivity contribution in [3.05, 3.63) is 52.3 Å². The number of nitrogens with one attached hydrogen (secondary N) is 1. The first kappa shape index (κ1) is 25.9. The summed E-state index contributed by atoms with van der Waals surface area (Å²) in [6.45, 7) is 10.9. The van der Waals surface area contributed by atoms with Crippen LogP contribution in [0.4, 0.5) is 10.1 Å². The van der Waals surface area contributed by atoms with Crippen molar-refractivity contribution in [2.75, 3.05) is 5.75 Å². The summed E-state index contributed by atoms with van der Waals surface area (Å²) in [7, 11) is -6.10. The van der Waals surface area contributed by atoms with Crippen LogP contribution in [0.2, 0.25) is 0 Å². The molecule has 30 heavy (non-hydrogen) atoms. The zero-order valence-corrected chi connectivity index (χ0v) is 19.2. The first-order chi connectivity index (χ1) is 13.5. The van der Waals surface area contributed by atoms with Crippen molar-refractivity contribution in [2.24, 2.45) is 0 Å². The van der Waals surface area contributed by atoms with Gasteiger partial charge in [-0.25, -0.2) is 21.7 Å². The topological polar surface area (TPSA) is 130 Å². The van der Waals surface area contributed by atoms with Crippen LogP contribution in [0.5, 0.6) is 0 Å². The van der Waals surface area contributed by atoms with E-state index in [2.05, 4.69) is 11.3 Å². The van der Waals surface area contributed by atoms with Crippen molar-refractivity contribution in [1.29, 1.82) is 5.26 Å². The second-order valence-corrected chi connectivity index (χ2v) is 12.7. The van der Waals surface area contributed by atoms with Crippen LogP contribution in [0.25, 0.3) is 0 Å². The molecule has 3 atom stereocenters. The molecule has 1 aromatic carbocycles. The van der Waals surface area contributed by atoms with E-state index in [4.69, 9.17) is 0 Å². The number of nitro groups is 1. The standard InChI is InChI=1S/C19H26FN3O5S2/c1-7-10-18(5,12-21)30(27,28)13-19(6,22-29(26)17(2,3)4)15-11-14(23(24)25)8-9-16(15)20/h7-9,11,22H,1,10,13H2,2-6H3/t18-,19+,29?/m1/s1. The molecular weight excluding hydrogens is 433 g/mol. The Hall–Kier alpha value is -2.16. The molecule has 0 aromatic heterocycles. The van der Waals surface area contributed by atoms with E-state index < -0.39 is 58.0 Å². The van der Waals surface area contributed by atoms with Crippen molar-refractivity contribution in [1.82, 2.24) is 4.72 Å². The van der Waals surface area contributed by atoms with Gasteiger partial charge in [-0.05, 0) is 47.1 Å². The summed E-state index contributed by atoms with van der Waals surface area (Å²) in [6.07, 6.45) is 1.11. The highest BCUT2D eigenvalue weighted by Gasteiger charge is 2.46. The van der Waals surface area contributed by atoms with Gasteiger partial charge in [0.05, 0.1) is 38.0 Å². The largest absolute Gasteiger partial charge is 0.269 e. The Kier molecular flexibility index (Phi) is 7.69. The number of hydrogen-bond donors (Lipinski definition) is 1. The smallest absolute Gasteiger partial charge is 0.258 e. The van der Waals surface area contributed by atoms with Gasteiger partial charge in [-0.2, -0.15) is 5.26 Å². The average Bonchev–Trinajstić information content (AvgIpc) is 2.60. The van der Waals surface area contributed by atoms with Crippen LogP contribution in [0.3, 0.4) is 0 Å². The molecule has 0 aliphatic heterocycles. The molecule has 0 amide bonds. The molecule has 0 saturated heterocycles. The van der Waals surface area contributed by atoms with Crippen LogP contribution in [-0.2, 0) is 26.4 Å². The first-order valence-corrected chi connectivity index (χ1v) is 11.7. The van der Waals surface area contributed by atoms with E-state index in [0.717, 1.165) is 18.2 Å². The highest BCUT2D eigenvalue weighted by molar-refractivity contribution is 7.93. The SMILES string of the molecule is C=CC[C@](C)(C#N)S(=O)(=O)C[C@](C)(NS(=O)C(C)(C)C)c1cc([N+](=O)[O-])ccc1F. The number of non-ortho nitro benzene ring substituents is 1. The summed E-state index contributed by atoms with van der Waals surface area (Å²) in [6, 6.07) is 4.47. The highest BCUT2D eigenvalue weighted by Crippen LogP contribution is 2.34. The number of benzene rings is 1. The Morgan fingerprint density at radius 2 is 1.90 bits per heavy atom. The van der Waals surface area contributed by atoms with Crippen LogP contribution in [-0.4, -0.2) is 32.8 Å². The summed E-state index contributed by atoms with van der Waals surface area (Å²) < 4.78 is 53.8. The van der Waals surface area contributed by atoms with Gasteiger partial charge in [-0.15, -0.1) is 6.58 Å². The van der Waals surface area contributed by atoms with E-state index in [-0.39, 0.29) is 12.0 Å². The molecule has 0 heterocycles. The molecule has 0 aliphatic carbocycles. The van der Waals surface area contributed by atoms with E-state index in [1.165, 1.54) is 19.9 Å². The molecule has 8 nitrogen and oxygen atoms in total. The van der Waals surface area contributed by atoms with Gasteiger partial charge in [0.15, 0.2) is 14.6 Å². The number of nitriles is 1. The predicted molar refractivity (Wildman–Crippen MR) is 114 cm³/mol. The third-order valence-corrected chi connectivity index (χ3v) is 8.90. The normalized spacial score (nSPS) is 17.2. The molecule has 0 radical (unpaired) electrons. The van der Waals surface area contributed by atoms with Crippen molar-refractivity contribution in [3.63, 3.8) is 0 Å². The summed E-state index contributed by atoms with van der Waals surface area (Å²) in [5.41, 5.74) is -2.61. The first-order valence-electron chi connectivity index (χ1n) is 8.91. The minimum Gasteiger partial charge on any atom is -0.258 e. The number of sulfone groups is 1. The fraction of sp³-hybridized carbons (Fsp3) is 0.526.